The van der Waals surface area contributed by atoms with E-state index < -0.39 is 9.84 Å². The smallest absolute Gasteiger partial charge is 0.186 e. The number of sulfone groups is 1. The molecule has 15 heavy (non-hydrogen) atoms. The molecule has 1 saturated carbocycles. The molecule has 2 rings (SSSR count). The van der Waals surface area contributed by atoms with E-state index in [1.165, 1.54) is 0 Å². The molecule has 2 fully saturated rings. The molecule has 0 aromatic carbocycles. The number of guanidine groups is 1. The first kappa shape index (κ1) is 10.7. The van der Waals surface area contributed by atoms with Gasteiger partial charge in [0.25, 0.3) is 0 Å². The lowest BCUT2D eigenvalue weighted by Crippen LogP contribution is -2.29. The molecule has 1 saturated heterocycles. The van der Waals surface area contributed by atoms with Gasteiger partial charge in [-0.25, -0.2) is 13.4 Å². The summed E-state index contributed by atoms with van der Waals surface area (Å²) >= 11 is 0. The third-order valence-corrected chi connectivity index (χ3v) is 6.01. The van der Waals surface area contributed by atoms with Gasteiger partial charge in [-0.1, -0.05) is 6.92 Å². The lowest BCUT2D eigenvalue weighted by atomic mass is 9.91. The fourth-order valence-corrected chi connectivity index (χ4v) is 5.70. The third-order valence-electron chi connectivity index (χ3n) is 3.55. The molecule has 2 aliphatic rings. The van der Waals surface area contributed by atoms with Crippen molar-refractivity contribution in [3.8, 4) is 0 Å². The lowest BCUT2D eigenvalue weighted by molar-refractivity contribution is 0.388. The van der Waals surface area contributed by atoms with E-state index in [1.54, 1.807) is 0 Å². The van der Waals surface area contributed by atoms with Crippen molar-refractivity contribution >= 4 is 15.8 Å². The van der Waals surface area contributed by atoms with E-state index in [2.05, 4.69) is 4.99 Å². The van der Waals surface area contributed by atoms with Crippen molar-refractivity contribution in [3.05, 3.63) is 0 Å². The van der Waals surface area contributed by atoms with E-state index in [-0.39, 0.29) is 29.1 Å². The van der Waals surface area contributed by atoms with Gasteiger partial charge < -0.3 is 11.5 Å². The highest BCUT2D eigenvalue weighted by molar-refractivity contribution is 7.92. The molecule has 4 atom stereocenters. The zero-order chi connectivity index (χ0) is 11.2. The summed E-state index contributed by atoms with van der Waals surface area (Å²) in [5, 5.41) is -0.208. The Labute approximate surface area is 89.8 Å². The summed E-state index contributed by atoms with van der Waals surface area (Å²) in [4.78, 5) is 4.14. The second-order valence-electron chi connectivity index (χ2n) is 4.62. The molecule has 0 radical (unpaired) electrons. The number of hydrogen-bond donors (Lipinski definition) is 2. The first-order valence-electron chi connectivity index (χ1n) is 5.22. The van der Waals surface area contributed by atoms with Crippen LogP contribution >= 0.6 is 0 Å². The molecule has 0 bridgehead atoms. The van der Waals surface area contributed by atoms with Crippen LogP contribution in [0.25, 0.3) is 0 Å². The Kier molecular flexibility index (Phi) is 2.41. The summed E-state index contributed by atoms with van der Waals surface area (Å²) in [6.07, 6.45) is 1.50. The minimum atomic E-state index is -2.89. The Balaban J connectivity index is 2.28. The van der Waals surface area contributed by atoms with Gasteiger partial charge in [-0.3, -0.25) is 0 Å². The fraction of sp³-hybridized carbons (Fsp3) is 0.889. The van der Waals surface area contributed by atoms with Crippen LogP contribution in [0.5, 0.6) is 0 Å². The van der Waals surface area contributed by atoms with E-state index >= 15 is 0 Å². The highest BCUT2D eigenvalue weighted by atomic mass is 32.2. The van der Waals surface area contributed by atoms with E-state index in [1.807, 2.05) is 6.92 Å². The predicted octanol–water partition coefficient (Wildman–Crippen LogP) is -0.528. The van der Waals surface area contributed by atoms with Crippen molar-refractivity contribution in [2.24, 2.45) is 28.3 Å². The van der Waals surface area contributed by atoms with Crippen LogP contribution in [0.1, 0.15) is 19.8 Å². The monoisotopic (exact) mass is 231 g/mol. The van der Waals surface area contributed by atoms with Crippen molar-refractivity contribution in [1.82, 2.24) is 0 Å². The number of rotatable bonds is 1. The molecule has 0 amide bonds. The van der Waals surface area contributed by atoms with Gasteiger partial charge in [-0.15, -0.1) is 0 Å². The summed E-state index contributed by atoms with van der Waals surface area (Å²) < 4.78 is 23.5. The Hall–Kier alpha value is -0.780. The average Bonchev–Trinajstić information content (AvgIpc) is 2.54. The average molecular weight is 231 g/mol. The Morgan fingerprint density at radius 2 is 2.00 bits per heavy atom. The summed E-state index contributed by atoms with van der Waals surface area (Å²) in [5.41, 5.74) is 10.7. The van der Waals surface area contributed by atoms with Crippen molar-refractivity contribution in [1.29, 1.82) is 0 Å². The van der Waals surface area contributed by atoms with Crippen LogP contribution in [0.2, 0.25) is 0 Å². The highest BCUT2D eigenvalue weighted by Crippen LogP contribution is 2.44. The molecular weight excluding hydrogens is 214 g/mol. The van der Waals surface area contributed by atoms with Crippen LogP contribution < -0.4 is 11.5 Å². The number of fused-ring (bicyclic) bond motifs is 1. The first-order chi connectivity index (χ1) is 6.92. The van der Waals surface area contributed by atoms with Crippen LogP contribution in [0.4, 0.5) is 0 Å². The second kappa shape index (κ2) is 3.37. The maximum Gasteiger partial charge on any atom is 0.186 e. The summed E-state index contributed by atoms with van der Waals surface area (Å²) in [5.74, 6) is 0.656. The maximum absolute atomic E-state index is 11.8. The quantitative estimate of drug-likeness (QED) is 0.468. The van der Waals surface area contributed by atoms with E-state index in [0.29, 0.717) is 12.2 Å². The first-order valence-corrected chi connectivity index (χ1v) is 6.93. The van der Waals surface area contributed by atoms with Gasteiger partial charge in [-0.2, -0.15) is 0 Å². The largest absolute Gasteiger partial charge is 0.370 e. The molecule has 0 spiro atoms. The summed E-state index contributed by atoms with van der Waals surface area (Å²) in [7, 11) is -2.89. The van der Waals surface area contributed by atoms with Crippen LogP contribution in [-0.4, -0.2) is 31.4 Å². The van der Waals surface area contributed by atoms with Gasteiger partial charge in [0.1, 0.15) is 0 Å². The Morgan fingerprint density at radius 3 is 2.60 bits per heavy atom. The van der Waals surface area contributed by atoms with Crippen molar-refractivity contribution in [3.63, 3.8) is 0 Å². The fourth-order valence-electron chi connectivity index (χ4n) is 3.08. The Morgan fingerprint density at radius 1 is 1.33 bits per heavy atom. The normalized spacial score (nSPS) is 42.5. The van der Waals surface area contributed by atoms with Crippen LogP contribution in [0.15, 0.2) is 4.99 Å². The standard InChI is InChI=1S/C9H17N3O2S/c1-5-4-15(13,14)7-3-2-6(8(5)7)12-9(10)11/h5-8H,2-4H2,1H3,(H4,10,11,12)/t5-,6+,7+,8-/m0/s1. The molecule has 0 aromatic rings. The topological polar surface area (TPSA) is 98.5 Å². The molecule has 5 nitrogen and oxygen atoms in total. The van der Waals surface area contributed by atoms with Crippen LogP contribution in [-0.2, 0) is 9.84 Å². The molecule has 1 aliphatic heterocycles. The SMILES string of the molecule is C[C@H]1CS(=O)(=O)[C@@H]2CC[C@@H](N=C(N)N)[C@@H]21. The van der Waals surface area contributed by atoms with Gasteiger partial charge in [0.15, 0.2) is 15.8 Å². The number of aliphatic imine (C=N–C) groups is 1. The van der Waals surface area contributed by atoms with E-state index in [0.717, 1.165) is 6.42 Å². The van der Waals surface area contributed by atoms with E-state index in [4.69, 9.17) is 11.5 Å². The van der Waals surface area contributed by atoms with Gasteiger partial charge in [0, 0.05) is 5.92 Å². The zero-order valence-corrected chi connectivity index (χ0v) is 9.57. The summed E-state index contributed by atoms with van der Waals surface area (Å²) in [6, 6.07) is 0.00674. The number of hydrogen-bond acceptors (Lipinski definition) is 3. The lowest BCUT2D eigenvalue weighted by Gasteiger charge is -2.17. The number of nitrogens with zero attached hydrogens (tertiary/aromatic N) is 1. The summed E-state index contributed by atoms with van der Waals surface area (Å²) in [6.45, 7) is 1.97. The molecule has 0 aromatic heterocycles. The zero-order valence-electron chi connectivity index (χ0n) is 8.76. The minimum Gasteiger partial charge on any atom is -0.370 e. The second-order valence-corrected chi connectivity index (χ2v) is 6.89. The van der Waals surface area contributed by atoms with Gasteiger partial charge in [0.2, 0.25) is 0 Å². The van der Waals surface area contributed by atoms with Crippen molar-refractivity contribution < 1.29 is 8.42 Å². The van der Waals surface area contributed by atoms with Crippen molar-refractivity contribution in [2.75, 3.05) is 5.75 Å². The molecule has 86 valence electrons. The molecule has 1 heterocycles. The molecule has 4 N–H and O–H groups in total. The molecule has 1 aliphatic carbocycles. The molecule has 6 heteroatoms. The molecule has 0 unspecified atom stereocenters. The minimum absolute atomic E-state index is 0.00674. The van der Waals surface area contributed by atoms with Crippen LogP contribution in [0.3, 0.4) is 0 Å². The van der Waals surface area contributed by atoms with Gasteiger partial charge in [-0.05, 0) is 18.8 Å². The van der Waals surface area contributed by atoms with Gasteiger partial charge in [0.05, 0.1) is 17.0 Å². The predicted molar refractivity (Wildman–Crippen MR) is 59.1 cm³/mol. The van der Waals surface area contributed by atoms with Crippen molar-refractivity contribution in [2.45, 2.75) is 31.1 Å². The van der Waals surface area contributed by atoms with Gasteiger partial charge >= 0.3 is 0 Å². The number of nitrogens with two attached hydrogens (primary N) is 2. The molecular formula is C9H17N3O2S. The van der Waals surface area contributed by atoms with E-state index in [9.17, 15) is 8.42 Å². The third kappa shape index (κ3) is 1.71. The highest BCUT2D eigenvalue weighted by Gasteiger charge is 2.52. The Bertz CT molecular complexity index is 386. The van der Waals surface area contributed by atoms with Crippen LogP contribution in [0, 0.1) is 11.8 Å². The maximum atomic E-state index is 11.8.